The lowest BCUT2D eigenvalue weighted by molar-refractivity contribution is -0.209. The van der Waals surface area contributed by atoms with Gasteiger partial charge in [0.2, 0.25) is 0 Å². The number of aliphatic hydroxyl groups excluding tert-OH is 2. The highest BCUT2D eigenvalue weighted by molar-refractivity contribution is 7.80. The smallest absolute Gasteiger partial charge is 0.462 e. The lowest BCUT2D eigenvalue weighted by atomic mass is 9.85. The normalized spacial score (nSPS) is 21.6. The summed E-state index contributed by atoms with van der Waals surface area (Å²) < 4.78 is 82.1. The molecule has 0 bridgehead atoms. The second-order valence-corrected chi connectivity index (χ2v) is 22.8. The van der Waals surface area contributed by atoms with Gasteiger partial charge in [-0.15, -0.1) is 0 Å². The van der Waals surface area contributed by atoms with Crippen molar-refractivity contribution in [3.05, 3.63) is 0 Å². The molecular formula is C41H82O22P4S. The van der Waals surface area contributed by atoms with Crippen molar-refractivity contribution in [1.29, 1.82) is 0 Å². The Bertz CT molecular complexity index is 1510. The van der Waals surface area contributed by atoms with Gasteiger partial charge in [0.1, 0.15) is 43.2 Å². The molecule has 1 aliphatic rings. The third-order valence-electron chi connectivity index (χ3n) is 11.2. The molecule has 404 valence electrons. The van der Waals surface area contributed by atoms with Gasteiger partial charge in [-0.05, 0) is 25.0 Å². The minimum Gasteiger partial charge on any atom is -0.462 e. The largest absolute Gasteiger partial charge is 0.472 e. The number of phosphoric ester groups is 4. The summed E-state index contributed by atoms with van der Waals surface area (Å²) >= 11 is 4.24. The molecule has 0 radical (unpaired) electrons. The molecular weight excluding hydrogens is 1000 g/mol. The van der Waals surface area contributed by atoms with Crippen LogP contribution in [-0.2, 0) is 59.9 Å². The third kappa shape index (κ3) is 34.1. The van der Waals surface area contributed by atoms with E-state index >= 15 is 0 Å². The van der Waals surface area contributed by atoms with Gasteiger partial charge < -0.3 is 53.9 Å². The van der Waals surface area contributed by atoms with Gasteiger partial charge in [0, 0.05) is 12.8 Å². The van der Waals surface area contributed by atoms with Crippen LogP contribution in [0.4, 0.5) is 0 Å². The average Bonchev–Trinajstić information content (AvgIpc) is 3.24. The Hall–Kier alpha value is -0.350. The molecule has 0 aromatic rings. The molecule has 8 atom stereocenters. The van der Waals surface area contributed by atoms with Crippen LogP contribution in [0.2, 0.25) is 0 Å². The van der Waals surface area contributed by atoms with Crippen LogP contribution in [-0.4, -0.2) is 118 Å². The highest BCUT2D eigenvalue weighted by Crippen LogP contribution is 2.53. The van der Waals surface area contributed by atoms with Crippen LogP contribution in [0.5, 0.6) is 0 Å². The van der Waals surface area contributed by atoms with Crippen molar-refractivity contribution in [2.45, 2.75) is 229 Å². The fourth-order valence-electron chi connectivity index (χ4n) is 7.71. The maximum absolute atomic E-state index is 13.3. The maximum Gasteiger partial charge on any atom is 0.472 e. The second kappa shape index (κ2) is 36.6. The highest BCUT2D eigenvalue weighted by Gasteiger charge is 2.59. The SMILES string of the molecule is CCCCCCCCCCCCCCCC(=O)O[C@H](COC(=O)CCCCCCCCCCCCCCCS)COP(=O)(O)OC1C(O)[C@@H](OP(=O)(O)O)C(OP(=O)(O)O)[C@@H](OP(=O)(O)O)[C@H]1O. The first-order chi connectivity index (χ1) is 32.0. The number of thiol groups is 1. The van der Waals surface area contributed by atoms with Crippen molar-refractivity contribution in [2.75, 3.05) is 19.0 Å². The van der Waals surface area contributed by atoms with Crippen molar-refractivity contribution < 1.29 is 104 Å². The number of phosphoric acid groups is 4. The van der Waals surface area contributed by atoms with Crippen molar-refractivity contribution in [2.24, 2.45) is 0 Å². The van der Waals surface area contributed by atoms with E-state index < -0.39 is 99.2 Å². The monoisotopic (exact) mass is 1080 g/mol. The summed E-state index contributed by atoms with van der Waals surface area (Å²) in [5.74, 6) is -0.463. The Morgan fingerprint density at radius 2 is 0.794 bits per heavy atom. The van der Waals surface area contributed by atoms with Crippen LogP contribution in [0.25, 0.3) is 0 Å². The Balaban J connectivity index is 2.89. The topological polar surface area (TPSA) is 349 Å². The number of unbranched alkanes of at least 4 members (excludes halogenated alkanes) is 24. The number of esters is 2. The van der Waals surface area contributed by atoms with Gasteiger partial charge in [0.15, 0.2) is 6.10 Å². The third-order valence-corrected chi connectivity index (χ3v) is 14.1. The van der Waals surface area contributed by atoms with Gasteiger partial charge in [0.05, 0.1) is 6.61 Å². The number of rotatable bonds is 43. The number of carbonyl (C=O) groups excluding carboxylic acids is 2. The summed E-state index contributed by atoms with van der Waals surface area (Å²) in [5.41, 5.74) is 0. The zero-order chi connectivity index (χ0) is 51.1. The van der Waals surface area contributed by atoms with E-state index in [1.165, 1.54) is 83.5 Å². The lowest BCUT2D eigenvalue weighted by Crippen LogP contribution is -2.65. The first-order valence-electron chi connectivity index (χ1n) is 24.2. The molecule has 22 nitrogen and oxygen atoms in total. The van der Waals surface area contributed by atoms with Gasteiger partial charge in [-0.1, -0.05) is 155 Å². The molecule has 27 heteroatoms. The zero-order valence-corrected chi connectivity index (χ0v) is 44.0. The van der Waals surface area contributed by atoms with E-state index in [0.717, 1.165) is 76.4 Å². The van der Waals surface area contributed by atoms with Crippen LogP contribution in [0.1, 0.15) is 187 Å². The minimum atomic E-state index is -5.79. The van der Waals surface area contributed by atoms with Crippen LogP contribution >= 0.6 is 43.9 Å². The molecule has 0 amide bonds. The van der Waals surface area contributed by atoms with E-state index in [0.29, 0.717) is 12.8 Å². The molecule has 1 saturated carbocycles. The van der Waals surface area contributed by atoms with Gasteiger partial charge in [0.25, 0.3) is 0 Å². The molecule has 9 N–H and O–H groups in total. The Kier molecular flexibility index (Phi) is 35.3. The highest BCUT2D eigenvalue weighted by atomic mass is 32.1. The fourth-order valence-corrected chi connectivity index (χ4v) is 10.6. The van der Waals surface area contributed by atoms with E-state index in [1.54, 1.807) is 0 Å². The van der Waals surface area contributed by atoms with E-state index in [1.807, 2.05) is 0 Å². The number of aliphatic hydroxyl groups is 2. The molecule has 4 unspecified atom stereocenters. The molecule has 0 heterocycles. The second-order valence-electron chi connectivity index (χ2n) is 17.4. The van der Waals surface area contributed by atoms with Crippen LogP contribution in [0.3, 0.4) is 0 Å². The molecule has 0 aliphatic heterocycles. The quantitative estimate of drug-likeness (QED) is 0.0120. The molecule has 0 aromatic heterocycles. The molecule has 0 aromatic carbocycles. The Morgan fingerprint density at radius 3 is 1.16 bits per heavy atom. The number of ether oxygens (including phenoxy) is 2. The number of hydrogen-bond donors (Lipinski definition) is 10. The van der Waals surface area contributed by atoms with Crippen molar-refractivity contribution >= 4 is 55.9 Å². The van der Waals surface area contributed by atoms with E-state index in [9.17, 15) is 72.3 Å². The standard InChI is InChI=1S/C41H82O22P4S/c1-2-3-4-5-6-7-8-10-14-17-20-23-26-29-35(43)59-33(31-57-34(42)28-25-22-19-16-13-11-9-12-15-18-21-24-27-30-68)32-58-67(55,56)63-38-36(44)39(60-64(46,47)48)41(62-66(52,53)54)40(37(38)45)61-65(49,50)51/h33,36-41,44-45,68H,2-32H2,1H3,(H,55,56)(H2,46,47,48)(H2,49,50,51)(H2,52,53,54)/t33-,36+,37?,38?,39+,40-,41?/m1/s1. The van der Waals surface area contributed by atoms with Gasteiger partial charge in [-0.2, -0.15) is 12.6 Å². The molecule has 0 spiro atoms. The van der Waals surface area contributed by atoms with Crippen LogP contribution in [0.15, 0.2) is 0 Å². The molecule has 1 fully saturated rings. The minimum absolute atomic E-state index is 0.0369. The molecule has 1 aliphatic carbocycles. The molecule has 68 heavy (non-hydrogen) atoms. The summed E-state index contributed by atoms with van der Waals surface area (Å²) in [6.07, 6.45) is 10.1. The average molecular weight is 1080 g/mol. The van der Waals surface area contributed by atoms with E-state index in [2.05, 4.69) is 33.1 Å². The number of carbonyl (C=O) groups is 2. The zero-order valence-electron chi connectivity index (χ0n) is 39.5. The number of hydrogen-bond acceptors (Lipinski definition) is 16. The van der Waals surface area contributed by atoms with E-state index in [-0.39, 0.29) is 12.8 Å². The summed E-state index contributed by atoms with van der Waals surface area (Å²) in [7, 11) is -23.0. The van der Waals surface area contributed by atoms with Gasteiger partial charge >= 0.3 is 43.2 Å². The molecule has 0 saturated heterocycles. The summed E-state index contributed by atoms with van der Waals surface area (Å²) in [4.78, 5) is 92.8. The Morgan fingerprint density at radius 1 is 0.456 bits per heavy atom. The van der Waals surface area contributed by atoms with Crippen molar-refractivity contribution in [1.82, 2.24) is 0 Å². The summed E-state index contributed by atoms with van der Waals surface area (Å²) in [6.45, 7) is 0.551. The summed E-state index contributed by atoms with van der Waals surface area (Å²) in [6, 6.07) is 0. The molecule has 1 rings (SSSR count). The Labute approximate surface area is 407 Å². The van der Waals surface area contributed by atoms with Crippen LogP contribution < -0.4 is 0 Å². The van der Waals surface area contributed by atoms with Gasteiger partial charge in [-0.3, -0.25) is 32.2 Å². The lowest BCUT2D eigenvalue weighted by Gasteiger charge is -2.45. The van der Waals surface area contributed by atoms with Crippen molar-refractivity contribution in [3.8, 4) is 0 Å². The predicted octanol–water partition coefficient (Wildman–Crippen LogP) is 7.99. The predicted molar refractivity (Wildman–Crippen MR) is 253 cm³/mol. The first-order valence-corrected chi connectivity index (χ1v) is 30.9. The summed E-state index contributed by atoms with van der Waals surface area (Å²) in [5, 5.41) is 21.8. The van der Waals surface area contributed by atoms with E-state index in [4.69, 9.17) is 18.5 Å². The first kappa shape index (κ1) is 65.7. The van der Waals surface area contributed by atoms with Crippen LogP contribution in [0, 0.1) is 0 Å². The van der Waals surface area contributed by atoms with Gasteiger partial charge in [-0.25, -0.2) is 18.3 Å². The maximum atomic E-state index is 13.3. The van der Waals surface area contributed by atoms with Crippen molar-refractivity contribution in [3.63, 3.8) is 0 Å². The fraction of sp³-hybridized carbons (Fsp3) is 0.951.